The molecule has 0 bridgehead atoms. The minimum absolute atomic E-state index is 0.122. The number of benzene rings is 2. The van der Waals surface area contributed by atoms with Crippen LogP contribution in [0.5, 0.6) is 0 Å². The van der Waals surface area contributed by atoms with Gasteiger partial charge < -0.3 is 14.9 Å². The van der Waals surface area contributed by atoms with Gasteiger partial charge in [0.2, 0.25) is 0 Å². The van der Waals surface area contributed by atoms with Gasteiger partial charge in [-0.1, -0.05) is 12.1 Å². The summed E-state index contributed by atoms with van der Waals surface area (Å²) in [5.41, 5.74) is 5.18. The number of nitrogens with one attached hydrogen (secondary N) is 2. The number of aromatic amines is 2. The van der Waals surface area contributed by atoms with Gasteiger partial charge in [0.15, 0.2) is 0 Å². The van der Waals surface area contributed by atoms with Crippen molar-refractivity contribution in [1.82, 2.24) is 19.9 Å². The third kappa shape index (κ3) is 2.79. The van der Waals surface area contributed by atoms with Crippen LogP contribution in [0.25, 0.3) is 21.9 Å². The molecule has 2 aromatic carbocycles. The first kappa shape index (κ1) is 16.1. The van der Waals surface area contributed by atoms with Gasteiger partial charge in [0.05, 0.1) is 11.0 Å². The number of H-pyrrole nitrogens is 2. The van der Waals surface area contributed by atoms with E-state index in [0.29, 0.717) is 5.92 Å². The second kappa shape index (κ2) is 6.27. The van der Waals surface area contributed by atoms with Crippen LogP contribution in [0.2, 0.25) is 0 Å². The van der Waals surface area contributed by atoms with E-state index in [-0.39, 0.29) is 5.91 Å². The van der Waals surface area contributed by atoms with E-state index in [2.05, 4.69) is 35.1 Å². The van der Waals surface area contributed by atoms with E-state index in [9.17, 15) is 4.79 Å². The Hall–Kier alpha value is -3.08. The molecule has 1 aliphatic heterocycles. The van der Waals surface area contributed by atoms with Crippen LogP contribution >= 0.6 is 0 Å². The fourth-order valence-electron chi connectivity index (χ4n) is 4.11. The molecule has 2 N–H and O–H groups in total. The molecule has 5 rings (SSSR count). The molecule has 0 unspecified atom stereocenters. The molecule has 2 aromatic heterocycles. The number of piperidine rings is 1. The predicted octanol–water partition coefficient (Wildman–Crippen LogP) is 4.37. The monoisotopic (exact) mass is 358 g/mol. The van der Waals surface area contributed by atoms with E-state index in [1.807, 2.05) is 35.4 Å². The number of hydrogen-bond donors (Lipinski definition) is 2. The van der Waals surface area contributed by atoms with Crippen LogP contribution in [0, 0.1) is 6.92 Å². The fraction of sp³-hybridized carbons (Fsp3) is 0.273. The molecule has 0 saturated carbocycles. The zero-order chi connectivity index (χ0) is 18.4. The van der Waals surface area contributed by atoms with Gasteiger partial charge in [-0.15, -0.1) is 0 Å². The maximum Gasteiger partial charge on any atom is 0.253 e. The summed E-state index contributed by atoms with van der Waals surface area (Å²) in [6.07, 6.45) is 3.79. The van der Waals surface area contributed by atoms with Crippen molar-refractivity contribution >= 4 is 27.8 Å². The van der Waals surface area contributed by atoms with Crippen molar-refractivity contribution < 1.29 is 4.79 Å². The third-order valence-electron chi connectivity index (χ3n) is 5.70. The first-order valence-electron chi connectivity index (χ1n) is 9.51. The number of fused-ring (bicyclic) bond motifs is 2. The van der Waals surface area contributed by atoms with E-state index in [1.54, 1.807) is 0 Å². The molecule has 1 aliphatic rings. The summed E-state index contributed by atoms with van der Waals surface area (Å²) < 4.78 is 0. The van der Waals surface area contributed by atoms with Gasteiger partial charge in [0.1, 0.15) is 5.82 Å². The van der Waals surface area contributed by atoms with Gasteiger partial charge in [-0.25, -0.2) is 4.98 Å². The second-order valence-electron chi connectivity index (χ2n) is 7.44. The van der Waals surface area contributed by atoms with Crippen LogP contribution in [-0.2, 0) is 0 Å². The average Bonchev–Trinajstić information content (AvgIpc) is 3.34. The SMILES string of the molecule is Cc1cccc2[nH]c(C3CCN(C(=O)c4ccc5[nH]ccc5c4)CC3)nc12. The Morgan fingerprint density at radius 3 is 2.78 bits per heavy atom. The van der Waals surface area contributed by atoms with E-state index < -0.39 is 0 Å². The van der Waals surface area contributed by atoms with Crippen molar-refractivity contribution in [2.24, 2.45) is 0 Å². The highest BCUT2D eigenvalue weighted by Crippen LogP contribution is 2.29. The van der Waals surface area contributed by atoms with Gasteiger partial charge >= 0.3 is 0 Å². The van der Waals surface area contributed by atoms with E-state index in [0.717, 1.165) is 59.3 Å². The molecule has 5 heteroatoms. The van der Waals surface area contributed by atoms with Gasteiger partial charge in [-0.05, 0) is 55.7 Å². The number of nitrogens with zero attached hydrogens (tertiary/aromatic N) is 2. The number of aryl methyl sites for hydroxylation is 1. The normalized spacial score (nSPS) is 15.7. The van der Waals surface area contributed by atoms with Crippen molar-refractivity contribution in [3.05, 3.63) is 65.6 Å². The highest BCUT2D eigenvalue weighted by molar-refractivity contribution is 5.98. The maximum absolute atomic E-state index is 12.9. The zero-order valence-electron chi connectivity index (χ0n) is 15.3. The first-order valence-corrected chi connectivity index (χ1v) is 9.51. The fourth-order valence-corrected chi connectivity index (χ4v) is 4.11. The van der Waals surface area contributed by atoms with Gasteiger partial charge in [-0.3, -0.25) is 4.79 Å². The molecule has 0 radical (unpaired) electrons. The Balaban J connectivity index is 1.31. The molecule has 136 valence electrons. The Kier molecular flexibility index (Phi) is 3.74. The van der Waals surface area contributed by atoms with Gasteiger partial charge in [0, 0.05) is 41.7 Å². The Morgan fingerprint density at radius 1 is 1.11 bits per heavy atom. The molecule has 0 atom stereocenters. The van der Waals surface area contributed by atoms with Crippen LogP contribution in [0.1, 0.15) is 40.5 Å². The molecule has 0 spiro atoms. The van der Waals surface area contributed by atoms with Crippen LogP contribution in [0.3, 0.4) is 0 Å². The Bertz CT molecular complexity index is 1130. The molecule has 0 aliphatic carbocycles. The Labute approximate surface area is 157 Å². The van der Waals surface area contributed by atoms with Crippen molar-refractivity contribution in [3.63, 3.8) is 0 Å². The van der Waals surface area contributed by atoms with Crippen molar-refractivity contribution in [2.75, 3.05) is 13.1 Å². The van der Waals surface area contributed by atoms with E-state index in [1.165, 1.54) is 5.56 Å². The van der Waals surface area contributed by atoms with Crippen LogP contribution in [0.4, 0.5) is 0 Å². The molecule has 4 aromatic rings. The zero-order valence-corrected chi connectivity index (χ0v) is 15.3. The lowest BCUT2D eigenvalue weighted by Crippen LogP contribution is -2.38. The molecule has 1 saturated heterocycles. The molecule has 1 amide bonds. The molecule has 5 nitrogen and oxygen atoms in total. The number of carbonyl (C=O) groups is 1. The highest BCUT2D eigenvalue weighted by atomic mass is 16.2. The van der Waals surface area contributed by atoms with Crippen molar-refractivity contribution in [3.8, 4) is 0 Å². The number of likely N-dealkylation sites (tertiary alicyclic amines) is 1. The average molecular weight is 358 g/mol. The minimum atomic E-state index is 0.122. The van der Waals surface area contributed by atoms with Crippen LogP contribution < -0.4 is 0 Å². The standard InChI is InChI=1S/C22H22N4O/c1-14-3-2-4-19-20(14)25-21(24-19)15-8-11-26(12-9-15)22(27)17-5-6-18-16(13-17)7-10-23-18/h2-7,10,13,15,23H,8-9,11-12H2,1H3,(H,24,25). The number of rotatable bonds is 2. The molecular formula is C22H22N4O. The number of imidazole rings is 1. The van der Waals surface area contributed by atoms with Crippen LogP contribution in [-0.4, -0.2) is 38.8 Å². The summed E-state index contributed by atoms with van der Waals surface area (Å²) in [6, 6.07) is 14.1. The quantitative estimate of drug-likeness (QED) is 0.559. The summed E-state index contributed by atoms with van der Waals surface area (Å²) in [5, 5.41) is 1.08. The third-order valence-corrected chi connectivity index (χ3v) is 5.70. The number of hydrogen-bond acceptors (Lipinski definition) is 2. The minimum Gasteiger partial charge on any atom is -0.361 e. The molecule has 27 heavy (non-hydrogen) atoms. The number of carbonyl (C=O) groups excluding carboxylic acids is 1. The maximum atomic E-state index is 12.9. The van der Waals surface area contributed by atoms with Crippen molar-refractivity contribution in [1.29, 1.82) is 0 Å². The van der Waals surface area contributed by atoms with Gasteiger partial charge in [-0.2, -0.15) is 0 Å². The van der Waals surface area contributed by atoms with E-state index in [4.69, 9.17) is 4.98 Å². The van der Waals surface area contributed by atoms with Crippen molar-refractivity contribution in [2.45, 2.75) is 25.7 Å². The molecular weight excluding hydrogens is 336 g/mol. The smallest absolute Gasteiger partial charge is 0.253 e. The molecule has 3 heterocycles. The summed E-state index contributed by atoms with van der Waals surface area (Å²) in [4.78, 5) is 26.3. The summed E-state index contributed by atoms with van der Waals surface area (Å²) >= 11 is 0. The molecule has 1 fully saturated rings. The number of aromatic nitrogens is 3. The predicted molar refractivity (Wildman–Crippen MR) is 107 cm³/mol. The summed E-state index contributed by atoms with van der Waals surface area (Å²) in [7, 11) is 0. The largest absolute Gasteiger partial charge is 0.361 e. The van der Waals surface area contributed by atoms with Crippen LogP contribution in [0.15, 0.2) is 48.7 Å². The topological polar surface area (TPSA) is 64.8 Å². The Morgan fingerprint density at radius 2 is 1.96 bits per heavy atom. The summed E-state index contributed by atoms with van der Waals surface area (Å²) in [6.45, 7) is 3.63. The van der Waals surface area contributed by atoms with E-state index >= 15 is 0 Å². The lowest BCUT2D eigenvalue weighted by Gasteiger charge is -2.31. The number of para-hydroxylation sites is 1. The summed E-state index contributed by atoms with van der Waals surface area (Å²) in [5.74, 6) is 1.56. The lowest BCUT2D eigenvalue weighted by molar-refractivity contribution is 0.0711. The second-order valence-corrected chi connectivity index (χ2v) is 7.44. The highest BCUT2D eigenvalue weighted by Gasteiger charge is 2.26. The first-order chi connectivity index (χ1) is 13.2. The number of amides is 1. The lowest BCUT2D eigenvalue weighted by atomic mass is 9.95. The van der Waals surface area contributed by atoms with Gasteiger partial charge in [0.25, 0.3) is 5.91 Å².